The van der Waals surface area contributed by atoms with Gasteiger partial charge in [0.2, 0.25) is 11.8 Å². The molecule has 0 aliphatic carbocycles. The maximum atomic E-state index is 11.7. The predicted molar refractivity (Wildman–Crippen MR) is 65.7 cm³/mol. The van der Waals surface area contributed by atoms with Gasteiger partial charge in [-0.1, -0.05) is 11.6 Å². The zero-order valence-electron chi connectivity index (χ0n) is 8.24. The number of nitrogen functional groups attached to an aromatic ring is 1. The first-order chi connectivity index (χ1) is 8.06. The monoisotopic (exact) mass is 316 g/mol. The molecule has 0 radical (unpaired) electrons. The minimum atomic E-state index is -0.504. The highest BCUT2D eigenvalue weighted by Gasteiger charge is 2.13. The summed E-state index contributed by atoms with van der Waals surface area (Å²) in [5.41, 5.74) is 5.65. The van der Waals surface area contributed by atoms with Gasteiger partial charge in [0.25, 0.3) is 5.91 Å². The molecule has 2 heterocycles. The van der Waals surface area contributed by atoms with Gasteiger partial charge in [0.1, 0.15) is 0 Å². The van der Waals surface area contributed by atoms with E-state index in [4.69, 9.17) is 17.3 Å². The predicted octanol–water partition coefficient (Wildman–Crippen LogP) is 1.45. The molecule has 88 valence electrons. The van der Waals surface area contributed by atoms with Crippen LogP contribution < -0.4 is 11.1 Å². The number of nitrogens with one attached hydrogen (secondary N) is 2. The van der Waals surface area contributed by atoms with Crippen LogP contribution in [-0.2, 0) is 0 Å². The van der Waals surface area contributed by atoms with Crippen LogP contribution in [0.15, 0.2) is 16.7 Å². The Kier molecular flexibility index (Phi) is 3.25. The fourth-order valence-corrected chi connectivity index (χ4v) is 1.55. The number of anilines is 2. The van der Waals surface area contributed by atoms with Crippen LogP contribution in [0.1, 0.15) is 10.6 Å². The van der Waals surface area contributed by atoms with Crippen molar-refractivity contribution in [3.63, 3.8) is 0 Å². The zero-order valence-corrected chi connectivity index (χ0v) is 10.6. The Bertz CT molecular complexity index is 571. The van der Waals surface area contributed by atoms with Crippen LogP contribution in [0.5, 0.6) is 0 Å². The summed E-state index contributed by atoms with van der Waals surface area (Å²) in [6, 6.07) is 1.62. The molecule has 0 fully saturated rings. The zero-order chi connectivity index (χ0) is 12.4. The Morgan fingerprint density at radius 2 is 2.35 bits per heavy atom. The molecule has 0 atom stereocenters. The van der Waals surface area contributed by atoms with Crippen LogP contribution in [0.4, 0.5) is 11.6 Å². The van der Waals surface area contributed by atoms with Gasteiger partial charge in [-0.3, -0.25) is 9.89 Å². The molecule has 0 spiro atoms. The van der Waals surface area contributed by atoms with Gasteiger partial charge in [-0.2, -0.15) is 4.98 Å². The Hall–Kier alpha value is -1.67. The first-order valence-corrected chi connectivity index (χ1v) is 5.53. The fourth-order valence-electron chi connectivity index (χ4n) is 1.07. The van der Waals surface area contributed by atoms with E-state index in [1.807, 2.05) is 0 Å². The van der Waals surface area contributed by atoms with Crippen LogP contribution in [0.25, 0.3) is 0 Å². The summed E-state index contributed by atoms with van der Waals surface area (Å²) >= 11 is 9.03. The summed E-state index contributed by atoms with van der Waals surface area (Å²) in [5.74, 6) is -0.511. The molecule has 0 aromatic carbocycles. The molecule has 9 heteroatoms. The van der Waals surface area contributed by atoms with Gasteiger partial charge in [0.15, 0.2) is 5.15 Å². The summed E-state index contributed by atoms with van der Waals surface area (Å²) in [6.45, 7) is 0. The lowest BCUT2D eigenvalue weighted by atomic mass is 10.4. The van der Waals surface area contributed by atoms with Crippen LogP contribution in [0.3, 0.4) is 0 Å². The second kappa shape index (κ2) is 4.68. The summed E-state index contributed by atoms with van der Waals surface area (Å²) in [5, 5.41) is 8.63. The molecule has 2 rings (SSSR count). The number of amides is 1. The largest absolute Gasteiger partial charge is 0.366 e. The Balaban J connectivity index is 2.21. The molecule has 0 saturated carbocycles. The van der Waals surface area contributed by atoms with Crippen LogP contribution in [0, 0.1) is 0 Å². The number of carbonyl (C=O) groups is 1. The summed E-state index contributed by atoms with van der Waals surface area (Å²) in [4.78, 5) is 19.2. The molecule has 17 heavy (non-hydrogen) atoms. The second-order valence-electron chi connectivity index (χ2n) is 2.99. The Morgan fingerprint density at radius 3 is 3.00 bits per heavy atom. The number of hydrogen-bond donors (Lipinski definition) is 3. The minimum absolute atomic E-state index is 0.00135. The van der Waals surface area contributed by atoms with Crippen LogP contribution >= 0.6 is 27.5 Å². The highest BCUT2D eigenvalue weighted by Crippen LogP contribution is 2.23. The molecule has 0 aliphatic heterocycles. The van der Waals surface area contributed by atoms with E-state index >= 15 is 0 Å². The molecule has 0 saturated heterocycles. The summed E-state index contributed by atoms with van der Waals surface area (Å²) < 4.78 is 0.689. The van der Waals surface area contributed by atoms with Gasteiger partial charge in [-0.15, -0.1) is 5.10 Å². The lowest BCUT2D eigenvalue weighted by Crippen LogP contribution is -2.14. The number of hydrogen-bond acceptors (Lipinski definition) is 5. The third kappa shape index (κ3) is 2.71. The smallest absolute Gasteiger partial charge is 0.293 e. The quantitative estimate of drug-likeness (QED) is 0.726. The number of carbonyl (C=O) groups excluding carboxylic acids is 1. The average molecular weight is 318 g/mol. The number of H-pyrrole nitrogens is 1. The first kappa shape index (κ1) is 11.8. The fraction of sp³-hybridized carbons (Fsp3) is 0. The van der Waals surface area contributed by atoms with Crippen molar-refractivity contribution in [1.29, 1.82) is 0 Å². The van der Waals surface area contributed by atoms with Crippen LogP contribution in [0.2, 0.25) is 5.15 Å². The van der Waals surface area contributed by atoms with Gasteiger partial charge in [0, 0.05) is 10.7 Å². The Labute approximate surface area is 109 Å². The van der Waals surface area contributed by atoms with Gasteiger partial charge < -0.3 is 11.1 Å². The van der Waals surface area contributed by atoms with Crippen molar-refractivity contribution in [2.75, 3.05) is 11.1 Å². The molecule has 7 nitrogen and oxygen atoms in total. The summed E-state index contributed by atoms with van der Waals surface area (Å²) in [6.07, 6.45) is 1.52. The highest BCUT2D eigenvalue weighted by molar-refractivity contribution is 9.10. The minimum Gasteiger partial charge on any atom is -0.366 e. The van der Waals surface area contributed by atoms with Crippen molar-refractivity contribution < 1.29 is 4.79 Å². The first-order valence-electron chi connectivity index (χ1n) is 4.36. The molecule has 1 amide bonds. The highest BCUT2D eigenvalue weighted by atomic mass is 79.9. The molecular weight excluding hydrogens is 311 g/mol. The third-order valence-electron chi connectivity index (χ3n) is 1.77. The molecule has 4 N–H and O–H groups in total. The average Bonchev–Trinajstić information content (AvgIpc) is 2.70. The SMILES string of the molecule is Nc1n[nH]c(C(=O)Nc2cc(Br)cnc2Cl)n1. The van der Waals surface area contributed by atoms with E-state index in [0.717, 1.165) is 0 Å². The third-order valence-corrected chi connectivity index (χ3v) is 2.51. The van der Waals surface area contributed by atoms with Crippen LogP contribution in [-0.4, -0.2) is 26.1 Å². The number of pyridine rings is 1. The number of nitrogens with zero attached hydrogens (tertiary/aromatic N) is 3. The standard InChI is InChI=1S/C8H6BrClN6O/c9-3-1-4(5(10)12-2-3)13-7(17)6-14-8(11)16-15-6/h1-2H,(H,13,17)(H3,11,14,15,16). The normalized spacial score (nSPS) is 10.2. The molecule has 2 aromatic rings. The number of rotatable bonds is 2. The van der Waals surface area contributed by atoms with Gasteiger partial charge in [-0.05, 0) is 22.0 Å². The number of aromatic nitrogens is 4. The number of aromatic amines is 1. The topological polar surface area (TPSA) is 110 Å². The maximum absolute atomic E-state index is 11.7. The van der Waals surface area contributed by atoms with Gasteiger partial charge in [-0.25, -0.2) is 4.98 Å². The van der Waals surface area contributed by atoms with E-state index in [2.05, 4.69) is 41.4 Å². The molecule has 0 aliphatic rings. The molecular formula is C8H6BrClN6O. The van der Waals surface area contributed by atoms with E-state index in [1.54, 1.807) is 6.07 Å². The van der Waals surface area contributed by atoms with Crippen molar-refractivity contribution in [2.45, 2.75) is 0 Å². The second-order valence-corrected chi connectivity index (χ2v) is 4.26. The maximum Gasteiger partial charge on any atom is 0.293 e. The lowest BCUT2D eigenvalue weighted by Gasteiger charge is -2.04. The van der Waals surface area contributed by atoms with E-state index in [-0.39, 0.29) is 16.9 Å². The lowest BCUT2D eigenvalue weighted by molar-refractivity contribution is 0.101. The van der Waals surface area contributed by atoms with Crippen molar-refractivity contribution in [3.05, 3.63) is 27.7 Å². The molecule has 0 bridgehead atoms. The van der Waals surface area contributed by atoms with Gasteiger partial charge in [0.05, 0.1) is 5.69 Å². The van der Waals surface area contributed by atoms with Crippen molar-refractivity contribution in [1.82, 2.24) is 20.2 Å². The van der Waals surface area contributed by atoms with Crippen molar-refractivity contribution in [3.8, 4) is 0 Å². The van der Waals surface area contributed by atoms with E-state index in [0.29, 0.717) is 10.2 Å². The molecule has 0 unspecified atom stereocenters. The van der Waals surface area contributed by atoms with Crippen molar-refractivity contribution >= 4 is 45.1 Å². The Morgan fingerprint density at radius 1 is 1.59 bits per heavy atom. The summed E-state index contributed by atoms with van der Waals surface area (Å²) in [7, 11) is 0. The molecule has 2 aromatic heterocycles. The number of halogens is 2. The van der Waals surface area contributed by atoms with E-state index in [9.17, 15) is 4.79 Å². The van der Waals surface area contributed by atoms with E-state index in [1.165, 1.54) is 6.20 Å². The van der Waals surface area contributed by atoms with Crippen molar-refractivity contribution in [2.24, 2.45) is 0 Å². The number of nitrogens with two attached hydrogens (primary N) is 1. The van der Waals surface area contributed by atoms with E-state index < -0.39 is 5.91 Å². The van der Waals surface area contributed by atoms with Gasteiger partial charge >= 0.3 is 0 Å².